The van der Waals surface area contributed by atoms with E-state index in [1.165, 1.54) is 18.9 Å². The number of methoxy groups -OCH3 is 1. The lowest BCUT2D eigenvalue weighted by atomic mass is 10.3. The molecule has 7 nitrogen and oxygen atoms in total. The van der Waals surface area contributed by atoms with Gasteiger partial charge in [0.05, 0.1) is 17.4 Å². The van der Waals surface area contributed by atoms with Crippen LogP contribution in [0, 0.1) is 0 Å². The van der Waals surface area contributed by atoms with Gasteiger partial charge in [0, 0.05) is 5.69 Å². The summed E-state index contributed by atoms with van der Waals surface area (Å²) in [6.45, 7) is 1.75. The van der Waals surface area contributed by atoms with Crippen molar-refractivity contribution in [2.24, 2.45) is 0 Å². The van der Waals surface area contributed by atoms with Crippen LogP contribution in [0.5, 0.6) is 5.75 Å². The van der Waals surface area contributed by atoms with Gasteiger partial charge in [0.25, 0.3) is 0 Å². The first-order valence-corrected chi connectivity index (χ1v) is 7.24. The van der Waals surface area contributed by atoms with Crippen molar-refractivity contribution in [1.82, 2.24) is 15.2 Å². The van der Waals surface area contributed by atoms with Crippen molar-refractivity contribution in [3.63, 3.8) is 0 Å². The molecule has 2 aromatic rings. The number of carbonyl (C=O) groups excluding carboxylic acids is 1. The number of aromatic nitrogens is 3. The lowest BCUT2D eigenvalue weighted by molar-refractivity contribution is -0.115. The summed E-state index contributed by atoms with van der Waals surface area (Å²) in [5.41, 5.74) is 6.02. The first kappa shape index (κ1) is 15.5. The Labute approximate surface area is 130 Å². The minimum atomic E-state index is -0.388. The van der Waals surface area contributed by atoms with Gasteiger partial charge in [-0.25, -0.2) is 5.10 Å². The van der Waals surface area contributed by atoms with Crippen molar-refractivity contribution in [1.29, 1.82) is 0 Å². The Morgan fingerprint density at radius 1 is 1.57 bits per heavy atom. The second-order valence-corrected chi connectivity index (χ2v) is 5.82. The zero-order valence-electron chi connectivity index (χ0n) is 11.4. The smallest absolute Gasteiger partial charge is 0.237 e. The normalized spacial score (nSPS) is 12.0. The predicted molar refractivity (Wildman–Crippen MR) is 82.7 cm³/mol. The highest BCUT2D eigenvalue weighted by molar-refractivity contribution is 8.00. The molecule has 0 aliphatic rings. The van der Waals surface area contributed by atoms with E-state index >= 15 is 0 Å². The molecule has 1 heterocycles. The van der Waals surface area contributed by atoms with Gasteiger partial charge in [-0.2, -0.15) is 4.98 Å². The number of rotatable bonds is 5. The maximum atomic E-state index is 12.1. The summed E-state index contributed by atoms with van der Waals surface area (Å²) in [4.78, 5) is 16.0. The highest BCUT2D eigenvalue weighted by Gasteiger charge is 2.17. The molecule has 0 aliphatic carbocycles. The number of hydrogen-bond donors (Lipinski definition) is 3. The molecule has 1 atom stereocenters. The fraction of sp³-hybridized carbons (Fsp3) is 0.250. The zero-order chi connectivity index (χ0) is 15.4. The Balaban J connectivity index is 1.98. The molecule has 2 rings (SSSR count). The van der Waals surface area contributed by atoms with Crippen molar-refractivity contribution < 1.29 is 9.53 Å². The summed E-state index contributed by atoms with van der Waals surface area (Å²) in [7, 11) is 1.53. The Hall–Kier alpha value is -1.93. The minimum absolute atomic E-state index is 0.190. The number of nitrogens with one attached hydrogen (secondary N) is 2. The number of nitrogens with zero attached hydrogens (tertiary/aromatic N) is 2. The van der Waals surface area contributed by atoms with Crippen LogP contribution in [0.3, 0.4) is 0 Å². The van der Waals surface area contributed by atoms with E-state index < -0.39 is 0 Å². The summed E-state index contributed by atoms with van der Waals surface area (Å²) in [5, 5.41) is 9.61. The number of amides is 1. The SMILES string of the molecule is COc1ccc(NC(=O)C(C)Sc2n[nH]c(N)n2)cc1Cl. The number of nitrogen functional groups attached to an aromatic ring is 1. The molecule has 0 saturated heterocycles. The van der Waals surface area contributed by atoms with E-state index in [1.807, 2.05) is 0 Å². The molecular formula is C12H14ClN5O2S. The Morgan fingerprint density at radius 2 is 2.33 bits per heavy atom. The highest BCUT2D eigenvalue weighted by Crippen LogP contribution is 2.28. The second-order valence-electron chi connectivity index (χ2n) is 4.10. The predicted octanol–water partition coefficient (Wildman–Crippen LogP) is 2.17. The monoisotopic (exact) mass is 327 g/mol. The minimum Gasteiger partial charge on any atom is -0.495 e. The molecule has 112 valence electrons. The molecule has 1 aromatic heterocycles. The van der Waals surface area contributed by atoms with Crippen molar-refractivity contribution >= 4 is 40.9 Å². The lowest BCUT2D eigenvalue weighted by Gasteiger charge is -2.11. The van der Waals surface area contributed by atoms with Crippen LogP contribution in [-0.2, 0) is 4.79 Å². The molecule has 1 amide bonds. The number of benzene rings is 1. The Kier molecular flexibility index (Phi) is 4.92. The van der Waals surface area contributed by atoms with E-state index in [9.17, 15) is 4.79 Å². The molecule has 0 bridgehead atoms. The average Bonchev–Trinajstić information content (AvgIpc) is 2.84. The molecule has 4 N–H and O–H groups in total. The van der Waals surface area contributed by atoms with Gasteiger partial charge < -0.3 is 15.8 Å². The van der Waals surface area contributed by atoms with Crippen molar-refractivity contribution in [3.05, 3.63) is 23.2 Å². The third kappa shape index (κ3) is 4.02. The van der Waals surface area contributed by atoms with Gasteiger partial charge in [-0.1, -0.05) is 23.4 Å². The highest BCUT2D eigenvalue weighted by atomic mass is 35.5. The topological polar surface area (TPSA) is 106 Å². The number of thioether (sulfide) groups is 1. The fourth-order valence-electron chi connectivity index (χ4n) is 1.51. The number of anilines is 2. The van der Waals surface area contributed by atoms with Crippen LogP contribution >= 0.6 is 23.4 Å². The molecule has 0 radical (unpaired) electrons. The van der Waals surface area contributed by atoms with Gasteiger partial charge in [-0.05, 0) is 25.1 Å². The van der Waals surface area contributed by atoms with E-state index in [0.717, 1.165) is 0 Å². The fourth-order valence-corrected chi connectivity index (χ4v) is 2.50. The van der Waals surface area contributed by atoms with Gasteiger partial charge in [-0.15, -0.1) is 5.10 Å². The standard InChI is InChI=1S/C12H14ClN5O2S/c1-6(21-12-16-11(14)17-18-12)10(19)15-7-3-4-9(20-2)8(13)5-7/h3-6H,1-2H3,(H,15,19)(H3,14,16,17,18). The average molecular weight is 328 g/mol. The van der Waals surface area contributed by atoms with Gasteiger partial charge >= 0.3 is 0 Å². The third-order valence-electron chi connectivity index (χ3n) is 2.55. The van der Waals surface area contributed by atoms with Gasteiger partial charge in [-0.3, -0.25) is 4.79 Å². The molecular weight excluding hydrogens is 314 g/mol. The number of carbonyl (C=O) groups is 1. The summed E-state index contributed by atoms with van der Waals surface area (Å²) >= 11 is 7.21. The van der Waals surface area contributed by atoms with Crippen molar-refractivity contribution in [2.45, 2.75) is 17.3 Å². The van der Waals surface area contributed by atoms with Crippen LogP contribution < -0.4 is 15.8 Å². The number of ether oxygens (including phenoxy) is 1. The summed E-state index contributed by atoms with van der Waals surface area (Å²) in [6.07, 6.45) is 0. The first-order chi connectivity index (χ1) is 9.99. The van der Waals surface area contributed by atoms with Crippen LogP contribution in [0.4, 0.5) is 11.6 Å². The van der Waals surface area contributed by atoms with Gasteiger partial charge in [0.15, 0.2) is 0 Å². The van der Waals surface area contributed by atoms with Gasteiger partial charge in [0.1, 0.15) is 5.75 Å². The molecule has 1 unspecified atom stereocenters. The van der Waals surface area contributed by atoms with Gasteiger partial charge in [0.2, 0.25) is 17.0 Å². The Bertz CT molecular complexity index is 648. The number of aromatic amines is 1. The number of halogens is 1. The van der Waals surface area contributed by atoms with Crippen LogP contribution in [0.1, 0.15) is 6.92 Å². The third-order valence-corrected chi connectivity index (χ3v) is 3.81. The van der Waals surface area contributed by atoms with E-state index in [-0.39, 0.29) is 17.1 Å². The van der Waals surface area contributed by atoms with Crippen LogP contribution in [0.15, 0.2) is 23.4 Å². The molecule has 0 saturated carbocycles. The second kappa shape index (κ2) is 6.68. The summed E-state index contributed by atoms with van der Waals surface area (Å²) in [6, 6.07) is 5.02. The number of nitrogens with two attached hydrogens (primary N) is 1. The van der Waals surface area contributed by atoms with Crippen molar-refractivity contribution in [3.8, 4) is 5.75 Å². The largest absolute Gasteiger partial charge is 0.495 e. The quantitative estimate of drug-likeness (QED) is 0.727. The Morgan fingerprint density at radius 3 is 2.90 bits per heavy atom. The van der Waals surface area contributed by atoms with E-state index in [2.05, 4.69) is 20.5 Å². The molecule has 0 spiro atoms. The molecule has 1 aromatic carbocycles. The summed E-state index contributed by atoms with van der Waals surface area (Å²) < 4.78 is 5.05. The summed E-state index contributed by atoms with van der Waals surface area (Å²) in [5.74, 6) is 0.574. The molecule has 9 heteroatoms. The van der Waals surface area contributed by atoms with Crippen molar-refractivity contribution in [2.75, 3.05) is 18.2 Å². The number of H-pyrrole nitrogens is 1. The first-order valence-electron chi connectivity index (χ1n) is 5.98. The zero-order valence-corrected chi connectivity index (χ0v) is 13.0. The maximum absolute atomic E-state index is 12.1. The van der Waals surface area contributed by atoms with Crippen LogP contribution in [0.25, 0.3) is 0 Å². The molecule has 0 fully saturated rings. The molecule has 0 aliphatic heterocycles. The van der Waals surface area contributed by atoms with Crippen LogP contribution in [-0.4, -0.2) is 33.4 Å². The van der Waals surface area contributed by atoms with E-state index in [1.54, 1.807) is 25.1 Å². The van der Waals surface area contributed by atoms with Crippen LogP contribution in [0.2, 0.25) is 5.02 Å². The lowest BCUT2D eigenvalue weighted by Crippen LogP contribution is -2.22. The maximum Gasteiger partial charge on any atom is 0.237 e. The van der Waals surface area contributed by atoms with E-state index in [0.29, 0.717) is 21.6 Å². The number of hydrogen-bond acceptors (Lipinski definition) is 6. The molecule has 21 heavy (non-hydrogen) atoms. The van der Waals surface area contributed by atoms with E-state index in [4.69, 9.17) is 22.1 Å².